The lowest BCUT2D eigenvalue weighted by atomic mass is 10.1. The Kier molecular flexibility index (Phi) is 4.72. The van der Waals surface area contributed by atoms with Gasteiger partial charge >= 0.3 is 0 Å². The molecule has 1 saturated heterocycles. The first-order valence-corrected chi connectivity index (χ1v) is 9.31. The molecule has 26 heavy (non-hydrogen) atoms. The molecule has 2 aliphatic rings. The van der Waals surface area contributed by atoms with E-state index in [0.717, 1.165) is 42.7 Å². The van der Waals surface area contributed by atoms with Crippen LogP contribution in [0.4, 0.5) is 11.8 Å². The lowest BCUT2D eigenvalue weighted by molar-refractivity contribution is 0.264. The highest BCUT2D eigenvalue weighted by molar-refractivity contribution is 5.92. The molecule has 0 bridgehead atoms. The van der Waals surface area contributed by atoms with Gasteiger partial charge in [0.1, 0.15) is 5.82 Å². The van der Waals surface area contributed by atoms with Crippen LogP contribution in [0.5, 0.6) is 11.5 Å². The number of nitrogens with zero attached hydrogens (tertiary/aromatic N) is 3. The zero-order valence-corrected chi connectivity index (χ0v) is 15.7. The first-order valence-electron chi connectivity index (χ1n) is 9.31. The summed E-state index contributed by atoms with van der Waals surface area (Å²) in [6, 6.07) is 4.81. The summed E-state index contributed by atoms with van der Waals surface area (Å²) in [5, 5.41) is 8.03. The van der Waals surface area contributed by atoms with Gasteiger partial charge in [0, 0.05) is 23.5 Å². The van der Waals surface area contributed by atoms with E-state index >= 15 is 0 Å². The number of ether oxygens (including phenoxy) is 2. The van der Waals surface area contributed by atoms with Crippen LogP contribution in [-0.4, -0.2) is 61.3 Å². The highest BCUT2D eigenvalue weighted by Crippen LogP contribution is 2.35. The summed E-state index contributed by atoms with van der Waals surface area (Å²) >= 11 is 0. The predicted molar refractivity (Wildman–Crippen MR) is 103 cm³/mol. The fraction of sp³-hybridized carbons (Fsp3) is 0.579. The Labute approximate surface area is 154 Å². The molecule has 2 aromatic rings. The second-order valence-corrected chi connectivity index (χ2v) is 7.26. The number of nitrogens with one attached hydrogen (secondary N) is 2. The van der Waals surface area contributed by atoms with E-state index in [1.807, 2.05) is 12.1 Å². The van der Waals surface area contributed by atoms with Gasteiger partial charge in [0.2, 0.25) is 5.95 Å². The molecule has 0 unspecified atom stereocenters. The van der Waals surface area contributed by atoms with Crippen molar-refractivity contribution in [3.05, 3.63) is 12.1 Å². The molecule has 4 rings (SSSR count). The number of likely N-dealkylation sites (tertiary alicyclic amines) is 1. The predicted octanol–water partition coefficient (Wildman–Crippen LogP) is 2.73. The lowest BCUT2D eigenvalue weighted by Crippen LogP contribution is -2.37. The van der Waals surface area contributed by atoms with E-state index in [1.165, 1.54) is 12.8 Å². The topological polar surface area (TPSA) is 71.5 Å². The van der Waals surface area contributed by atoms with Crippen molar-refractivity contribution in [1.82, 2.24) is 14.9 Å². The zero-order chi connectivity index (χ0) is 18.1. The summed E-state index contributed by atoms with van der Waals surface area (Å²) in [5.74, 6) is 2.93. The number of hydrogen-bond acceptors (Lipinski definition) is 7. The minimum Gasteiger partial charge on any atom is -0.493 e. The molecule has 1 aromatic carbocycles. The Morgan fingerprint density at radius 3 is 2.23 bits per heavy atom. The number of fused-ring (bicyclic) bond motifs is 1. The van der Waals surface area contributed by atoms with Crippen LogP contribution in [0.2, 0.25) is 0 Å². The molecule has 0 spiro atoms. The van der Waals surface area contributed by atoms with E-state index < -0.39 is 0 Å². The van der Waals surface area contributed by atoms with Crippen molar-refractivity contribution in [3.63, 3.8) is 0 Å². The fourth-order valence-electron chi connectivity index (χ4n) is 3.39. The highest BCUT2D eigenvalue weighted by atomic mass is 16.5. The molecule has 1 aliphatic heterocycles. The van der Waals surface area contributed by atoms with Gasteiger partial charge in [-0.2, -0.15) is 4.98 Å². The van der Waals surface area contributed by atoms with Gasteiger partial charge in [-0.15, -0.1) is 0 Å². The van der Waals surface area contributed by atoms with Crippen LogP contribution in [0.3, 0.4) is 0 Å². The van der Waals surface area contributed by atoms with Crippen molar-refractivity contribution in [2.75, 3.05) is 45.0 Å². The molecule has 7 heteroatoms. The zero-order valence-electron chi connectivity index (χ0n) is 15.7. The van der Waals surface area contributed by atoms with Gasteiger partial charge in [0.05, 0.1) is 19.7 Å². The maximum absolute atomic E-state index is 5.48. The van der Waals surface area contributed by atoms with Crippen LogP contribution >= 0.6 is 0 Å². The standard InChI is InChI=1S/C19H27N5O2/c1-24-8-6-13(7-9-24)20-18-14-10-16(25-2)17(26-3)11-15(14)22-19(23-18)21-12-4-5-12/h10-13H,4-9H2,1-3H3,(H2,20,21,22,23). The normalized spacial score (nSPS) is 18.7. The molecule has 2 heterocycles. The van der Waals surface area contributed by atoms with E-state index in [1.54, 1.807) is 14.2 Å². The van der Waals surface area contributed by atoms with Crippen molar-refractivity contribution >= 4 is 22.7 Å². The summed E-state index contributed by atoms with van der Waals surface area (Å²) in [6.45, 7) is 2.20. The van der Waals surface area contributed by atoms with Crippen molar-refractivity contribution in [1.29, 1.82) is 0 Å². The number of benzene rings is 1. The molecular formula is C19H27N5O2. The van der Waals surface area contributed by atoms with Gasteiger partial charge in [0.15, 0.2) is 11.5 Å². The molecule has 0 atom stereocenters. The number of aromatic nitrogens is 2. The maximum atomic E-state index is 5.48. The van der Waals surface area contributed by atoms with Gasteiger partial charge in [-0.25, -0.2) is 4.98 Å². The monoisotopic (exact) mass is 357 g/mol. The van der Waals surface area contributed by atoms with Crippen LogP contribution in [0, 0.1) is 0 Å². The largest absolute Gasteiger partial charge is 0.493 e. The summed E-state index contributed by atoms with van der Waals surface area (Å²) in [6.07, 6.45) is 4.59. The number of rotatable bonds is 6. The highest BCUT2D eigenvalue weighted by Gasteiger charge is 2.24. The molecular weight excluding hydrogens is 330 g/mol. The summed E-state index contributed by atoms with van der Waals surface area (Å²) < 4.78 is 10.9. The van der Waals surface area contributed by atoms with Crippen LogP contribution in [0.25, 0.3) is 10.9 Å². The molecule has 7 nitrogen and oxygen atoms in total. The third kappa shape index (κ3) is 3.62. The van der Waals surface area contributed by atoms with Crippen LogP contribution in [-0.2, 0) is 0 Å². The molecule has 1 saturated carbocycles. The molecule has 1 aromatic heterocycles. The van der Waals surface area contributed by atoms with E-state index in [-0.39, 0.29) is 0 Å². The first kappa shape index (κ1) is 17.1. The summed E-state index contributed by atoms with van der Waals surface area (Å²) in [5.41, 5.74) is 0.858. The Morgan fingerprint density at radius 1 is 0.923 bits per heavy atom. The lowest BCUT2D eigenvalue weighted by Gasteiger charge is -2.30. The molecule has 0 radical (unpaired) electrons. The van der Waals surface area contributed by atoms with E-state index in [9.17, 15) is 0 Å². The van der Waals surface area contributed by atoms with Gasteiger partial charge in [-0.3, -0.25) is 0 Å². The second-order valence-electron chi connectivity index (χ2n) is 7.26. The Balaban J connectivity index is 1.71. The Morgan fingerprint density at radius 2 is 1.58 bits per heavy atom. The molecule has 2 N–H and O–H groups in total. The average Bonchev–Trinajstić information content (AvgIpc) is 3.46. The number of anilines is 2. The van der Waals surface area contributed by atoms with Crippen molar-refractivity contribution < 1.29 is 9.47 Å². The third-order valence-electron chi connectivity index (χ3n) is 5.17. The van der Waals surface area contributed by atoms with Crippen molar-refractivity contribution in [2.24, 2.45) is 0 Å². The van der Waals surface area contributed by atoms with E-state index in [2.05, 4.69) is 22.6 Å². The molecule has 140 valence electrons. The van der Waals surface area contributed by atoms with Crippen LogP contribution < -0.4 is 20.1 Å². The number of methoxy groups -OCH3 is 2. The molecule has 1 aliphatic carbocycles. The number of hydrogen-bond donors (Lipinski definition) is 2. The first-order chi connectivity index (χ1) is 12.7. The summed E-state index contributed by atoms with van der Waals surface area (Å²) in [7, 11) is 5.47. The smallest absolute Gasteiger partial charge is 0.225 e. The third-order valence-corrected chi connectivity index (χ3v) is 5.17. The number of piperidine rings is 1. The van der Waals surface area contributed by atoms with Crippen molar-refractivity contribution in [3.8, 4) is 11.5 Å². The van der Waals surface area contributed by atoms with Gasteiger partial charge in [0.25, 0.3) is 0 Å². The molecule has 2 fully saturated rings. The van der Waals surface area contributed by atoms with Gasteiger partial charge in [-0.1, -0.05) is 0 Å². The maximum Gasteiger partial charge on any atom is 0.225 e. The summed E-state index contributed by atoms with van der Waals surface area (Å²) in [4.78, 5) is 11.8. The molecule has 0 amide bonds. The van der Waals surface area contributed by atoms with Crippen LogP contribution in [0.1, 0.15) is 25.7 Å². The average molecular weight is 357 g/mol. The minimum atomic E-state index is 0.422. The van der Waals surface area contributed by atoms with Gasteiger partial charge < -0.3 is 25.0 Å². The fourth-order valence-corrected chi connectivity index (χ4v) is 3.39. The van der Waals surface area contributed by atoms with E-state index in [4.69, 9.17) is 19.4 Å². The van der Waals surface area contributed by atoms with Crippen LogP contribution in [0.15, 0.2) is 12.1 Å². The Hall–Kier alpha value is -2.28. The SMILES string of the molecule is COc1cc2nc(NC3CC3)nc(NC3CCN(C)CC3)c2cc1OC. The van der Waals surface area contributed by atoms with E-state index in [0.29, 0.717) is 29.5 Å². The quantitative estimate of drug-likeness (QED) is 0.823. The minimum absolute atomic E-state index is 0.422. The Bertz CT molecular complexity index is 785. The van der Waals surface area contributed by atoms with Gasteiger partial charge in [-0.05, 0) is 51.9 Å². The van der Waals surface area contributed by atoms with Crippen molar-refractivity contribution in [2.45, 2.75) is 37.8 Å². The second kappa shape index (κ2) is 7.15.